The molecular weight excluding hydrogens is 348 g/mol. The van der Waals surface area contributed by atoms with Gasteiger partial charge in [0.15, 0.2) is 0 Å². The van der Waals surface area contributed by atoms with Crippen LogP contribution in [0, 0.1) is 35.0 Å². The number of allylic oxidation sites excluding steroid dienone is 4. The Kier molecular flexibility index (Phi) is 6.06. The van der Waals surface area contributed by atoms with Crippen molar-refractivity contribution in [3.05, 3.63) is 23.3 Å². The van der Waals surface area contributed by atoms with Crippen LogP contribution in [-0.2, 0) is 9.59 Å². The highest BCUT2D eigenvalue weighted by Gasteiger charge is 2.56. The maximum Gasteiger partial charge on any atom is 0.146 e. The molecule has 2 saturated carbocycles. The highest BCUT2D eigenvalue weighted by Crippen LogP contribution is 2.59. The van der Waals surface area contributed by atoms with Gasteiger partial charge in [-0.15, -0.1) is 0 Å². The zero-order chi connectivity index (χ0) is 20.7. The number of hydrogen-bond donors (Lipinski definition) is 1. The first-order chi connectivity index (χ1) is 13.1. The summed E-state index contributed by atoms with van der Waals surface area (Å²) in [7, 11) is 0. The number of Topliss-reactive ketones (excluding diaryl/α,β-unsaturated/α-hetero) is 1. The Balaban J connectivity index is 1.87. The van der Waals surface area contributed by atoms with E-state index in [4.69, 9.17) is 0 Å². The van der Waals surface area contributed by atoms with E-state index in [0.29, 0.717) is 23.3 Å². The standard InChI is InChI=1S/C25H38O3/c1-16(2)7-6-8-17(3)19-11-12-24(4)13-21-23(22(27)14-25(21,5)28)18(15-26)9-10-20(19)24/h7,9,15,17,19-21,23,28H,6,8,10-14H2,1-5H3/b18-9-. The van der Waals surface area contributed by atoms with E-state index in [1.54, 1.807) is 6.92 Å². The quantitative estimate of drug-likeness (QED) is 0.517. The van der Waals surface area contributed by atoms with Crippen LogP contribution >= 0.6 is 0 Å². The minimum Gasteiger partial charge on any atom is -0.389 e. The monoisotopic (exact) mass is 386 g/mol. The first-order valence-electron chi connectivity index (χ1n) is 11.1. The molecule has 0 saturated heterocycles. The average Bonchev–Trinajstić information content (AvgIpc) is 3.01. The first-order valence-corrected chi connectivity index (χ1v) is 11.1. The summed E-state index contributed by atoms with van der Waals surface area (Å²) in [5.41, 5.74) is 1.14. The second-order valence-corrected chi connectivity index (χ2v) is 10.6. The number of carbonyl (C=O) groups excluding carboxylic acids is 2. The van der Waals surface area contributed by atoms with Crippen molar-refractivity contribution in [3.8, 4) is 0 Å². The summed E-state index contributed by atoms with van der Waals surface area (Å²) in [6, 6.07) is 0. The number of aliphatic hydroxyl groups is 1. The third-order valence-electron chi connectivity index (χ3n) is 8.24. The number of aldehydes is 1. The van der Waals surface area contributed by atoms with Gasteiger partial charge in [0.1, 0.15) is 12.1 Å². The molecule has 2 fully saturated rings. The summed E-state index contributed by atoms with van der Waals surface area (Å²) >= 11 is 0. The highest BCUT2D eigenvalue weighted by atomic mass is 16.3. The molecule has 0 aliphatic heterocycles. The van der Waals surface area contributed by atoms with Crippen molar-refractivity contribution in [3.63, 3.8) is 0 Å². The van der Waals surface area contributed by atoms with Crippen molar-refractivity contribution < 1.29 is 14.7 Å². The lowest BCUT2D eigenvalue weighted by Crippen LogP contribution is -2.40. The van der Waals surface area contributed by atoms with Gasteiger partial charge in [-0.3, -0.25) is 9.59 Å². The minimum atomic E-state index is -0.998. The Hall–Kier alpha value is -1.22. The summed E-state index contributed by atoms with van der Waals surface area (Å²) < 4.78 is 0. The Morgan fingerprint density at radius 1 is 1.32 bits per heavy atom. The number of ketones is 1. The zero-order valence-corrected chi connectivity index (χ0v) is 18.3. The largest absolute Gasteiger partial charge is 0.389 e. The van der Waals surface area contributed by atoms with Crippen LogP contribution in [0.25, 0.3) is 0 Å². The van der Waals surface area contributed by atoms with Gasteiger partial charge in [0.2, 0.25) is 0 Å². The third-order valence-corrected chi connectivity index (χ3v) is 8.24. The van der Waals surface area contributed by atoms with Gasteiger partial charge in [-0.25, -0.2) is 0 Å². The summed E-state index contributed by atoms with van der Waals surface area (Å²) in [4.78, 5) is 24.4. The van der Waals surface area contributed by atoms with Gasteiger partial charge in [-0.1, -0.05) is 31.6 Å². The molecule has 156 valence electrons. The van der Waals surface area contributed by atoms with Gasteiger partial charge in [-0.05, 0) is 88.0 Å². The van der Waals surface area contributed by atoms with Crippen molar-refractivity contribution in [1.29, 1.82) is 0 Å². The molecule has 3 aliphatic rings. The minimum absolute atomic E-state index is 0.0417. The van der Waals surface area contributed by atoms with E-state index in [1.165, 1.54) is 18.4 Å². The van der Waals surface area contributed by atoms with E-state index < -0.39 is 11.5 Å². The van der Waals surface area contributed by atoms with E-state index in [-0.39, 0.29) is 23.5 Å². The van der Waals surface area contributed by atoms with Crippen LogP contribution in [0.1, 0.15) is 79.6 Å². The van der Waals surface area contributed by atoms with Crippen LogP contribution in [0.5, 0.6) is 0 Å². The zero-order valence-electron chi connectivity index (χ0n) is 18.3. The molecule has 0 aromatic rings. The predicted molar refractivity (Wildman–Crippen MR) is 113 cm³/mol. The fourth-order valence-corrected chi connectivity index (χ4v) is 6.59. The lowest BCUT2D eigenvalue weighted by atomic mass is 9.62. The number of fused-ring (bicyclic) bond motifs is 2. The fraction of sp³-hybridized carbons (Fsp3) is 0.760. The van der Waals surface area contributed by atoms with E-state index >= 15 is 0 Å². The lowest BCUT2D eigenvalue weighted by molar-refractivity contribution is -0.121. The van der Waals surface area contributed by atoms with Crippen LogP contribution in [-0.4, -0.2) is 22.8 Å². The van der Waals surface area contributed by atoms with Crippen molar-refractivity contribution in [2.75, 3.05) is 0 Å². The van der Waals surface area contributed by atoms with Gasteiger partial charge >= 0.3 is 0 Å². The maximum atomic E-state index is 12.6. The van der Waals surface area contributed by atoms with Crippen LogP contribution in [0.15, 0.2) is 23.3 Å². The summed E-state index contributed by atoms with van der Waals surface area (Å²) in [5.74, 6) is 1.33. The molecule has 0 bridgehead atoms. The normalized spacial score (nSPS) is 43.2. The molecule has 3 nitrogen and oxygen atoms in total. The molecule has 7 atom stereocenters. The average molecular weight is 387 g/mol. The molecule has 0 amide bonds. The van der Waals surface area contributed by atoms with Gasteiger partial charge in [0, 0.05) is 12.3 Å². The molecule has 1 N–H and O–H groups in total. The molecule has 0 aromatic carbocycles. The predicted octanol–water partition coefficient (Wildman–Crippen LogP) is 5.28. The molecular formula is C25H38O3. The van der Waals surface area contributed by atoms with E-state index in [2.05, 4.69) is 33.8 Å². The number of carbonyl (C=O) groups is 2. The lowest BCUT2D eigenvalue weighted by Gasteiger charge is -2.42. The van der Waals surface area contributed by atoms with Crippen molar-refractivity contribution >= 4 is 12.1 Å². The third kappa shape index (κ3) is 3.92. The smallest absolute Gasteiger partial charge is 0.146 e. The fourth-order valence-electron chi connectivity index (χ4n) is 6.59. The molecule has 3 rings (SSSR count). The highest BCUT2D eigenvalue weighted by molar-refractivity contribution is 5.94. The number of rotatable bonds is 5. The molecule has 0 spiro atoms. The molecule has 3 heteroatoms. The molecule has 0 aromatic heterocycles. The Morgan fingerprint density at radius 3 is 2.68 bits per heavy atom. The molecule has 0 heterocycles. The maximum absolute atomic E-state index is 12.6. The number of hydrogen-bond acceptors (Lipinski definition) is 3. The molecule has 28 heavy (non-hydrogen) atoms. The van der Waals surface area contributed by atoms with Crippen molar-refractivity contribution in [1.82, 2.24) is 0 Å². The summed E-state index contributed by atoms with van der Waals surface area (Å²) in [6.07, 6.45) is 11.9. The Bertz CT molecular complexity index is 682. The van der Waals surface area contributed by atoms with Gasteiger partial charge < -0.3 is 5.11 Å². The van der Waals surface area contributed by atoms with E-state index in [0.717, 1.165) is 32.0 Å². The molecule has 7 unspecified atom stereocenters. The molecule has 0 radical (unpaired) electrons. The molecule has 3 aliphatic carbocycles. The van der Waals surface area contributed by atoms with Crippen LogP contribution < -0.4 is 0 Å². The SMILES string of the molecule is CC(C)=CCCC(C)C1CCC2(C)CC3C(C(=O)CC3(C)O)/C(C=O)=C\CC12. The van der Waals surface area contributed by atoms with Crippen LogP contribution in [0.2, 0.25) is 0 Å². The first kappa shape index (κ1) is 21.5. The van der Waals surface area contributed by atoms with Crippen molar-refractivity contribution in [2.24, 2.45) is 35.0 Å². The second kappa shape index (κ2) is 7.89. The van der Waals surface area contributed by atoms with E-state index in [1.807, 2.05) is 6.08 Å². The van der Waals surface area contributed by atoms with Crippen LogP contribution in [0.3, 0.4) is 0 Å². The summed E-state index contributed by atoms with van der Waals surface area (Å²) in [6.45, 7) is 10.9. The van der Waals surface area contributed by atoms with Crippen LogP contribution in [0.4, 0.5) is 0 Å². The topological polar surface area (TPSA) is 54.4 Å². The van der Waals surface area contributed by atoms with E-state index in [9.17, 15) is 14.7 Å². The summed E-state index contributed by atoms with van der Waals surface area (Å²) in [5, 5.41) is 11.0. The van der Waals surface area contributed by atoms with Crippen molar-refractivity contribution in [2.45, 2.75) is 85.2 Å². The van der Waals surface area contributed by atoms with Gasteiger partial charge in [-0.2, -0.15) is 0 Å². The van der Waals surface area contributed by atoms with Gasteiger partial charge in [0.25, 0.3) is 0 Å². The van der Waals surface area contributed by atoms with Gasteiger partial charge in [0.05, 0.1) is 11.5 Å². The second-order valence-electron chi connectivity index (χ2n) is 10.6. The Morgan fingerprint density at radius 2 is 2.04 bits per heavy atom. The Labute approximate surface area is 170 Å².